The monoisotopic (exact) mass is 294 g/mol. The van der Waals surface area contributed by atoms with Crippen LogP contribution >= 0.6 is 0 Å². The summed E-state index contributed by atoms with van der Waals surface area (Å²) < 4.78 is 27.0. The molecule has 1 aromatic rings. The third kappa shape index (κ3) is 2.77. The second-order valence-electron chi connectivity index (χ2n) is 5.80. The van der Waals surface area contributed by atoms with Gasteiger partial charge in [0.1, 0.15) is 0 Å². The number of hydrogen-bond donors (Lipinski definition) is 1. The van der Waals surface area contributed by atoms with E-state index in [9.17, 15) is 8.42 Å². The minimum Gasteiger partial charge on any atom is -0.382 e. The molecule has 0 saturated heterocycles. The molecule has 1 aromatic carbocycles. The van der Waals surface area contributed by atoms with Crippen molar-refractivity contribution >= 4 is 21.4 Å². The SMILES string of the molecule is O=S(=O)(CC1CCCCC1)N1CCNc2ccccc21. The average Bonchev–Trinajstić information content (AvgIpc) is 2.47. The minimum atomic E-state index is -3.20. The molecule has 0 radical (unpaired) electrons. The molecule has 20 heavy (non-hydrogen) atoms. The van der Waals surface area contributed by atoms with Crippen LogP contribution in [0, 0.1) is 5.92 Å². The zero-order valence-corrected chi connectivity index (χ0v) is 12.5. The van der Waals surface area contributed by atoms with Gasteiger partial charge < -0.3 is 5.32 Å². The fourth-order valence-electron chi connectivity index (χ4n) is 3.28. The van der Waals surface area contributed by atoms with Gasteiger partial charge in [-0.2, -0.15) is 0 Å². The number of sulfonamides is 1. The molecule has 0 bridgehead atoms. The number of anilines is 2. The molecule has 0 amide bonds. The van der Waals surface area contributed by atoms with E-state index in [1.807, 2.05) is 24.3 Å². The summed E-state index contributed by atoms with van der Waals surface area (Å²) >= 11 is 0. The number of fused-ring (bicyclic) bond motifs is 1. The van der Waals surface area contributed by atoms with Crippen LogP contribution in [0.25, 0.3) is 0 Å². The zero-order valence-electron chi connectivity index (χ0n) is 11.7. The van der Waals surface area contributed by atoms with Crippen molar-refractivity contribution in [3.63, 3.8) is 0 Å². The Kier molecular flexibility index (Phi) is 3.87. The predicted octanol–water partition coefficient (Wildman–Crippen LogP) is 2.83. The van der Waals surface area contributed by atoms with E-state index in [1.54, 1.807) is 4.31 Å². The molecule has 4 nitrogen and oxygen atoms in total. The van der Waals surface area contributed by atoms with Gasteiger partial charge in [0.05, 0.1) is 23.7 Å². The van der Waals surface area contributed by atoms with Gasteiger partial charge in [-0.25, -0.2) is 8.42 Å². The first-order valence-electron chi connectivity index (χ1n) is 7.50. The van der Waals surface area contributed by atoms with E-state index in [1.165, 1.54) is 19.3 Å². The van der Waals surface area contributed by atoms with Crippen LogP contribution in [0.5, 0.6) is 0 Å². The normalized spacial score (nSPS) is 20.3. The minimum absolute atomic E-state index is 0.307. The summed E-state index contributed by atoms with van der Waals surface area (Å²) in [6, 6.07) is 7.66. The number of para-hydroxylation sites is 2. The number of nitrogens with one attached hydrogen (secondary N) is 1. The lowest BCUT2D eigenvalue weighted by atomic mass is 9.91. The smallest absolute Gasteiger partial charge is 0.235 e. The van der Waals surface area contributed by atoms with Gasteiger partial charge in [0.25, 0.3) is 0 Å². The lowest BCUT2D eigenvalue weighted by Gasteiger charge is -2.33. The number of rotatable bonds is 3. The molecule has 0 atom stereocenters. The first-order valence-corrected chi connectivity index (χ1v) is 9.11. The van der Waals surface area contributed by atoms with Gasteiger partial charge in [-0.3, -0.25) is 4.31 Å². The van der Waals surface area contributed by atoms with Crippen molar-refractivity contribution in [2.45, 2.75) is 32.1 Å². The first kappa shape index (κ1) is 13.7. The molecule has 110 valence electrons. The van der Waals surface area contributed by atoms with Crippen molar-refractivity contribution in [2.24, 2.45) is 5.92 Å². The van der Waals surface area contributed by atoms with Crippen LogP contribution in [0.15, 0.2) is 24.3 Å². The quantitative estimate of drug-likeness (QED) is 0.932. The Hall–Kier alpha value is -1.23. The van der Waals surface area contributed by atoms with Crippen molar-refractivity contribution in [1.82, 2.24) is 0 Å². The van der Waals surface area contributed by atoms with Crippen LogP contribution in [0.2, 0.25) is 0 Å². The highest BCUT2D eigenvalue weighted by molar-refractivity contribution is 7.92. The second-order valence-corrected chi connectivity index (χ2v) is 7.74. The van der Waals surface area contributed by atoms with E-state index in [4.69, 9.17) is 0 Å². The van der Waals surface area contributed by atoms with E-state index in [0.29, 0.717) is 24.8 Å². The van der Waals surface area contributed by atoms with Crippen molar-refractivity contribution < 1.29 is 8.42 Å². The average molecular weight is 294 g/mol. The van der Waals surface area contributed by atoms with Crippen molar-refractivity contribution in [3.05, 3.63) is 24.3 Å². The predicted molar refractivity (Wildman–Crippen MR) is 82.6 cm³/mol. The molecule has 1 fully saturated rings. The molecule has 2 aliphatic rings. The van der Waals surface area contributed by atoms with Gasteiger partial charge in [-0.05, 0) is 30.9 Å². The summed E-state index contributed by atoms with van der Waals surface area (Å²) in [5.74, 6) is 0.650. The summed E-state index contributed by atoms with van der Waals surface area (Å²) in [5.41, 5.74) is 1.72. The van der Waals surface area contributed by atoms with Crippen molar-refractivity contribution in [2.75, 3.05) is 28.5 Å². The highest BCUT2D eigenvalue weighted by Gasteiger charge is 2.30. The number of hydrogen-bond acceptors (Lipinski definition) is 3. The molecule has 3 rings (SSSR count). The number of benzene rings is 1. The first-order chi connectivity index (χ1) is 9.67. The Balaban J connectivity index is 1.81. The van der Waals surface area contributed by atoms with Crippen LogP contribution in [-0.2, 0) is 10.0 Å². The highest BCUT2D eigenvalue weighted by atomic mass is 32.2. The molecule has 1 heterocycles. The van der Waals surface area contributed by atoms with Gasteiger partial charge >= 0.3 is 0 Å². The fourth-order valence-corrected chi connectivity index (χ4v) is 5.22. The van der Waals surface area contributed by atoms with Crippen LogP contribution < -0.4 is 9.62 Å². The van der Waals surface area contributed by atoms with Gasteiger partial charge in [-0.1, -0.05) is 31.4 Å². The van der Waals surface area contributed by atoms with Crippen LogP contribution in [0.4, 0.5) is 11.4 Å². The maximum atomic E-state index is 12.7. The standard InChI is InChI=1S/C15H22N2O2S/c18-20(19,12-13-6-2-1-3-7-13)17-11-10-16-14-8-4-5-9-15(14)17/h4-5,8-9,13,16H,1-3,6-7,10-12H2. The maximum Gasteiger partial charge on any atom is 0.235 e. The van der Waals surface area contributed by atoms with E-state index < -0.39 is 10.0 Å². The highest BCUT2D eigenvalue weighted by Crippen LogP contribution is 2.32. The molecule has 0 aromatic heterocycles. The molecule has 1 aliphatic heterocycles. The zero-order chi connectivity index (χ0) is 14.0. The molecule has 1 aliphatic carbocycles. The Morgan fingerprint density at radius 3 is 2.70 bits per heavy atom. The van der Waals surface area contributed by atoms with E-state index in [-0.39, 0.29) is 0 Å². The Morgan fingerprint density at radius 2 is 1.90 bits per heavy atom. The summed E-state index contributed by atoms with van der Waals surface area (Å²) in [5, 5.41) is 3.26. The molecule has 0 spiro atoms. The summed E-state index contributed by atoms with van der Waals surface area (Å²) in [7, 11) is -3.20. The molecule has 1 N–H and O–H groups in total. The fraction of sp³-hybridized carbons (Fsp3) is 0.600. The number of nitrogens with zero attached hydrogens (tertiary/aromatic N) is 1. The molecular formula is C15H22N2O2S. The third-order valence-corrected chi connectivity index (χ3v) is 6.25. The van der Waals surface area contributed by atoms with Crippen LogP contribution in [-0.4, -0.2) is 27.3 Å². The van der Waals surface area contributed by atoms with Crippen molar-refractivity contribution in [3.8, 4) is 0 Å². The van der Waals surface area contributed by atoms with E-state index >= 15 is 0 Å². The van der Waals surface area contributed by atoms with Crippen LogP contribution in [0.3, 0.4) is 0 Å². The molecule has 0 unspecified atom stereocenters. The van der Waals surface area contributed by atoms with Gasteiger partial charge in [0.15, 0.2) is 0 Å². The van der Waals surface area contributed by atoms with E-state index in [0.717, 1.165) is 24.2 Å². The lowest BCUT2D eigenvalue weighted by Crippen LogP contribution is -2.41. The lowest BCUT2D eigenvalue weighted by molar-refractivity contribution is 0.384. The Bertz CT molecular complexity index is 565. The van der Waals surface area contributed by atoms with Gasteiger partial charge in [0.2, 0.25) is 10.0 Å². The largest absolute Gasteiger partial charge is 0.382 e. The van der Waals surface area contributed by atoms with Crippen LogP contribution in [0.1, 0.15) is 32.1 Å². The van der Waals surface area contributed by atoms with Gasteiger partial charge in [0, 0.05) is 6.54 Å². The van der Waals surface area contributed by atoms with Crippen molar-refractivity contribution in [1.29, 1.82) is 0 Å². The topological polar surface area (TPSA) is 49.4 Å². The third-order valence-electron chi connectivity index (χ3n) is 4.31. The second kappa shape index (κ2) is 5.64. The molecular weight excluding hydrogens is 272 g/mol. The summed E-state index contributed by atoms with van der Waals surface area (Å²) in [4.78, 5) is 0. The molecule has 1 saturated carbocycles. The Labute approximate surface area is 121 Å². The van der Waals surface area contributed by atoms with E-state index in [2.05, 4.69) is 5.32 Å². The van der Waals surface area contributed by atoms with Gasteiger partial charge in [-0.15, -0.1) is 0 Å². The summed E-state index contributed by atoms with van der Waals surface area (Å²) in [6.07, 6.45) is 5.74. The maximum absolute atomic E-state index is 12.7. The Morgan fingerprint density at radius 1 is 1.15 bits per heavy atom. The molecule has 5 heteroatoms. The summed E-state index contributed by atoms with van der Waals surface area (Å²) in [6.45, 7) is 1.22.